The summed E-state index contributed by atoms with van der Waals surface area (Å²) in [4.78, 5) is 29.3. The van der Waals surface area contributed by atoms with Crippen molar-refractivity contribution in [3.05, 3.63) is 46.2 Å². The van der Waals surface area contributed by atoms with Crippen LogP contribution in [0.25, 0.3) is 19.5 Å². The van der Waals surface area contributed by atoms with E-state index in [0.717, 1.165) is 19.5 Å². The van der Waals surface area contributed by atoms with Gasteiger partial charge in [-0.15, -0.1) is 34.0 Å². The van der Waals surface area contributed by atoms with Gasteiger partial charge in [-0.05, 0) is 36.4 Å². The van der Waals surface area contributed by atoms with Crippen LogP contribution in [-0.2, 0) is 31.9 Å². The van der Waals surface area contributed by atoms with E-state index in [2.05, 4.69) is 12.1 Å². The lowest BCUT2D eigenvalue weighted by atomic mass is 10.3. The molecule has 0 saturated carbocycles. The largest absolute Gasteiger partial charge is 0.469 e. The second-order valence-electron chi connectivity index (χ2n) is 5.20. The third-order valence-electron chi connectivity index (χ3n) is 3.51. The predicted molar refractivity (Wildman–Crippen MR) is 102 cm³/mol. The SMILES string of the molecule is COC(=O)Cc1ccc(-c2ccc(-c3ccc(CC(=O)OC)s3)s2)s1. The van der Waals surface area contributed by atoms with E-state index in [-0.39, 0.29) is 11.9 Å². The zero-order valence-electron chi connectivity index (χ0n) is 13.7. The fourth-order valence-electron chi connectivity index (χ4n) is 2.24. The first kappa shape index (κ1) is 17.8. The zero-order chi connectivity index (χ0) is 17.8. The summed E-state index contributed by atoms with van der Waals surface area (Å²) in [5.41, 5.74) is 0. The van der Waals surface area contributed by atoms with Gasteiger partial charge in [-0.2, -0.15) is 0 Å². The number of methoxy groups -OCH3 is 2. The second-order valence-corrected chi connectivity index (χ2v) is 8.62. The molecule has 3 aromatic rings. The zero-order valence-corrected chi connectivity index (χ0v) is 16.2. The molecule has 4 nitrogen and oxygen atoms in total. The van der Waals surface area contributed by atoms with Crippen LogP contribution in [0, 0.1) is 0 Å². The Hall–Kier alpha value is -1.96. The third kappa shape index (κ3) is 4.36. The molecule has 0 amide bonds. The van der Waals surface area contributed by atoms with E-state index in [4.69, 9.17) is 9.47 Å². The molecule has 0 aliphatic rings. The molecule has 0 fully saturated rings. The fraction of sp³-hybridized carbons (Fsp3) is 0.222. The molecular formula is C18H16O4S3. The first-order chi connectivity index (χ1) is 12.1. The van der Waals surface area contributed by atoms with Crippen molar-refractivity contribution in [1.29, 1.82) is 0 Å². The number of ether oxygens (including phenoxy) is 2. The van der Waals surface area contributed by atoms with E-state index in [1.165, 1.54) is 24.0 Å². The molecule has 3 heterocycles. The van der Waals surface area contributed by atoms with Crippen molar-refractivity contribution < 1.29 is 19.1 Å². The minimum atomic E-state index is -0.225. The Bertz CT molecular complexity index is 817. The maximum absolute atomic E-state index is 11.4. The highest BCUT2D eigenvalue weighted by Gasteiger charge is 2.12. The monoisotopic (exact) mass is 392 g/mol. The van der Waals surface area contributed by atoms with Crippen LogP contribution in [0.5, 0.6) is 0 Å². The van der Waals surface area contributed by atoms with Gasteiger partial charge in [-0.1, -0.05) is 0 Å². The first-order valence-electron chi connectivity index (χ1n) is 7.50. The van der Waals surface area contributed by atoms with Crippen LogP contribution >= 0.6 is 34.0 Å². The predicted octanol–water partition coefficient (Wildman–Crippen LogP) is 4.64. The number of carbonyl (C=O) groups is 2. The van der Waals surface area contributed by atoms with Crippen LogP contribution < -0.4 is 0 Å². The van der Waals surface area contributed by atoms with Crippen molar-refractivity contribution in [2.24, 2.45) is 0 Å². The van der Waals surface area contributed by atoms with Gasteiger partial charge < -0.3 is 9.47 Å². The van der Waals surface area contributed by atoms with Gasteiger partial charge in [-0.25, -0.2) is 0 Å². The highest BCUT2D eigenvalue weighted by molar-refractivity contribution is 7.26. The Balaban J connectivity index is 1.74. The Morgan fingerprint density at radius 1 is 0.680 bits per heavy atom. The summed E-state index contributed by atoms with van der Waals surface area (Å²) in [6.45, 7) is 0. The Morgan fingerprint density at radius 2 is 1.04 bits per heavy atom. The van der Waals surface area contributed by atoms with Gasteiger partial charge in [-0.3, -0.25) is 9.59 Å². The third-order valence-corrected chi connectivity index (χ3v) is 7.15. The lowest BCUT2D eigenvalue weighted by Crippen LogP contribution is -2.02. The van der Waals surface area contributed by atoms with E-state index >= 15 is 0 Å². The van der Waals surface area contributed by atoms with Crippen molar-refractivity contribution in [2.45, 2.75) is 12.8 Å². The average molecular weight is 393 g/mol. The Morgan fingerprint density at radius 3 is 1.44 bits per heavy atom. The van der Waals surface area contributed by atoms with Gasteiger partial charge in [0.2, 0.25) is 0 Å². The molecule has 3 aromatic heterocycles. The highest BCUT2D eigenvalue weighted by atomic mass is 32.1. The number of hydrogen-bond acceptors (Lipinski definition) is 7. The molecule has 0 unspecified atom stereocenters. The minimum absolute atomic E-state index is 0.225. The summed E-state index contributed by atoms with van der Waals surface area (Å²) < 4.78 is 9.42. The number of carbonyl (C=O) groups excluding carboxylic acids is 2. The van der Waals surface area contributed by atoms with Crippen molar-refractivity contribution >= 4 is 45.9 Å². The van der Waals surface area contributed by atoms with Gasteiger partial charge in [0.15, 0.2) is 0 Å². The summed E-state index contributed by atoms with van der Waals surface area (Å²) >= 11 is 4.92. The normalized spacial score (nSPS) is 10.6. The molecule has 7 heteroatoms. The highest BCUT2D eigenvalue weighted by Crippen LogP contribution is 2.40. The summed E-state index contributed by atoms with van der Waals surface area (Å²) in [6, 6.07) is 12.2. The molecule has 25 heavy (non-hydrogen) atoms. The second kappa shape index (κ2) is 7.95. The Kier molecular flexibility index (Phi) is 5.67. The molecule has 130 valence electrons. The number of esters is 2. The number of rotatable bonds is 6. The van der Waals surface area contributed by atoms with Gasteiger partial charge in [0.1, 0.15) is 0 Å². The van der Waals surface area contributed by atoms with Crippen LogP contribution in [0.1, 0.15) is 9.75 Å². The lowest BCUT2D eigenvalue weighted by Gasteiger charge is -1.95. The molecule has 0 radical (unpaired) electrons. The summed E-state index contributed by atoms with van der Waals surface area (Å²) in [6.07, 6.45) is 0.614. The molecule has 0 atom stereocenters. The molecule has 3 rings (SSSR count). The minimum Gasteiger partial charge on any atom is -0.469 e. The van der Waals surface area contributed by atoms with E-state index in [9.17, 15) is 9.59 Å². The van der Waals surface area contributed by atoms with Gasteiger partial charge in [0.05, 0.1) is 27.1 Å². The molecule has 0 spiro atoms. The summed E-state index contributed by atoms with van der Waals surface area (Å²) in [7, 11) is 2.80. The van der Waals surface area contributed by atoms with E-state index in [0.29, 0.717) is 12.8 Å². The Labute approximate surface area is 157 Å². The van der Waals surface area contributed by atoms with Gasteiger partial charge >= 0.3 is 11.9 Å². The van der Waals surface area contributed by atoms with E-state index < -0.39 is 0 Å². The van der Waals surface area contributed by atoms with E-state index in [1.807, 2.05) is 24.3 Å². The summed E-state index contributed by atoms with van der Waals surface area (Å²) in [5.74, 6) is -0.450. The van der Waals surface area contributed by atoms with Gasteiger partial charge in [0, 0.05) is 29.3 Å². The van der Waals surface area contributed by atoms with Crippen molar-refractivity contribution in [3.8, 4) is 19.5 Å². The standard InChI is InChI=1S/C18H16O4S3/c1-21-17(19)9-11-3-5-13(23-11)15-7-8-16(25-15)14-6-4-12(24-14)10-18(20)22-2/h3-8H,9-10H2,1-2H3. The molecule has 0 N–H and O–H groups in total. The maximum atomic E-state index is 11.4. The molecule has 0 aliphatic heterocycles. The molecule has 0 aliphatic carbocycles. The molecular weight excluding hydrogens is 376 g/mol. The van der Waals surface area contributed by atoms with Crippen LogP contribution in [0.4, 0.5) is 0 Å². The van der Waals surface area contributed by atoms with Gasteiger partial charge in [0.25, 0.3) is 0 Å². The molecule has 0 aromatic carbocycles. The number of hydrogen-bond donors (Lipinski definition) is 0. The van der Waals surface area contributed by atoms with Crippen molar-refractivity contribution in [2.75, 3.05) is 14.2 Å². The van der Waals surface area contributed by atoms with E-state index in [1.54, 1.807) is 34.0 Å². The first-order valence-corrected chi connectivity index (χ1v) is 9.95. The number of thiophene rings is 3. The van der Waals surface area contributed by atoms with Crippen LogP contribution in [0.15, 0.2) is 36.4 Å². The van der Waals surface area contributed by atoms with Crippen LogP contribution in [-0.4, -0.2) is 26.2 Å². The van der Waals surface area contributed by atoms with Crippen molar-refractivity contribution in [3.63, 3.8) is 0 Å². The lowest BCUT2D eigenvalue weighted by molar-refractivity contribution is -0.140. The molecule has 0 bridgehead atoms. The quantitative estimate of drug-likeness (QED) is 0.574. The van der Waals surface area contributed by atoms with Crippen molar-refractivity contribution in [1.82, 2.24) is 0 Å². The average Bonchev–Trinajstić information content (AvgIpc) is 3.34. The van der Waals surface area contributed by atoms with Crippen LogP contribution in [0.3, 0.4) is 0 Å². The topological polar surface area (TPSA) is 52.6 Å². The van der Waals surface area contributed by atoms with Crippen LogP contribution in [0.2, 0.25) is 0 Å². The molecule has 0 saturated heterocycles. The maximum Gasteiger partial charge on any atom is 0.310 e. The smallest absolute Gasteiger partial charge is 0.310 e. The summed E-state index contributed by atoms with van der Waals surface area (Å²) in [5, 5.41) is 0. The fourth-order valence-corrected chi connectivity index (χ4v) is 5.42.